The van der Waals surface area contributed by atoms with Crippen LogP contribution in [-0.2, 0) is 13.0 Å². The Hall–Kier alpha value is -0.480. The van der Waals surface area contributed by atoms with Crippen LogP contribution >= 0.6 is 11.8 Å². The van der Waals surface area contributed by atoms with Crippen molar-refractivity contribution in [1.29, 1.82) is 0 Å². The second-order valence-electron chi connectivity index (χ2n) is 3.03. The van der Waals surface area contributed by atoms with Crippen molar-refractivity contribution in [2.45, 2.75) is 30.4 Å². The number of thioether (sulfide) groups is 1. The highest BCUT2D eigenvalue weighted by Crippen LogP contribution is 2.24. The zero-order valence-corrected chi connectivity index (χ0v) is 7.84. The Morgan fingerprint density at radius 3 is 3.33 bits per heavy atom. The summed E-state index contributed by atoms with van der Waals surface area (Å²) in [5.74, 6) is 0. The SMILES string of the molecule is CSc1cnn2c1CCC(O)C2. The van der Waals surface area contributed by atoms with Crippen molar-refractivity contribution in [3.05, 3.63) is 11.9 Å². The predicted molar refractivity (Wildman–Crippen MR) is 48.3 cm³/mol. The molecule has 0 saturated heterocycles. The Bertz CT molecular complexity index is 285. The van der Waals surface area contributed by atoms with Crippen molar-refractivity contribution in [2.75, 3.05) is 6.26 Å². The van der Waals surface area contributed by atoms with Gasteiger partial charge in [0.05, 0.1) is 24.5 Å². The van der Waals surface area contributed by atoms with E-state index in [1.165, 1.54) is 10.6 Å². The molecule has 0 aliphatic carbocycles. The molecule has 0 fully saturated rings. The Kier molecular flexibility index (Phi) is 2.11. The Balaban J connectivity index is 2.32. The molecular weight excluding hydrogens is 172 g/mol. The number of aliphatic hydroxyl groups is 1. The van der Waals surface area contributed by atoms with Crippen LogP contribution in [0.3, 0.4) is 0 Å². The smallest absolute Gasteiger partial charge is 0.0739 e. The van der Waals surface area contributed by atoms with Gasteiger partial charge >= 0.3 is 0 Å². The summed E-state index contributed by atoms with van der Waals surface area (Å²) in [6.07, 6.45) is 5.57. The molecule has 66 valence electrons. The van der Waals surface area contributed by atoms with E-state index in [0.29, 0.717) is 6.54 Å². The van der Waals surface area contributed by atoms with Gasteiger partial charge < -0.3 is 5.11 Å². The number of rotatable bonds is 1. The van der Waals surface area contributed by atoms with E-state index in [9.17, 15) is 5.11 Å². The van der Waals surface area contributed by atoms with Gasteiger partial charge in [0.1, 0.15) is 0 Å². The van der Waals surface area contributed by atoms with Gasteiger partial charge in [-0.05, 0) is 19.1 Å². The van der Waals surface area contributed by atoms with Crippen molar-refractivity contribution in [3.8, 4) is 0 Å². The molecule has 2 heterocycles. The Labute approximate surface area is 75.8 Å². The number of aromatic nitrogens is 2. The zero-order chi connectivity index (χ0) is 8.55. The van der Waals surface area contributed by atoms with Crippen LogP contribution in [-0.4, -0.2) is 27.2 Å². The van der Waals surface area contributed by atoms with Gasteiger partial charge in [-0.3, -0.25) is 4.68 Å². The summed E-state index contributed by atoms with van der Waals surface area (Å²) in [4.78, 5) is 1.25. The fourth-order valence-electron chi connectivity index (χ4n) is 1.57. The molecule has 1 atom stereocenters. The number of fused-ring (bicyclic) bond motifs is 1. The molecule has 12 heavy (non-hydrogen) atoms. The average Bonchev–Trinajstić information content (AvgIpc) is 2.46. The van der Waals surface area contributed by atoms with Gasteiger partial charge in [0.25, 0.3) is 0 Å². The zero-order valence-electron chi connectivity index (χ0n) is 7.03. The van der Waals surface area contributed by atoms with Crippen molar-refractivity contribution >= 4 is 11.8 Å². The summed E-state index contributed by atoms with van der Waals surface area (Å²) in [6.45, 7) is 0.663. The lowest BCUT2D eigenvalue weighted by atomic mass is 10.1. The molecule has 1 unspecified atom stereocenters. The maximum absolute atomic E-state index is 9.37. The Morgan fingerprint density at radius 2 is 2.58 bits per heavy atom. The molecule has 2 rings (SSSR count). The summed E-state index contributed by atoms with van der Waals surface area (Å²) >= 11 is 1.73. The lowest BCUT2D eigenvalue weighted by Gasteiger charge is -2.19. The third-order valence-corrected chi connectivity index (χ3v) is 3.01. The molecule has 0 spiro atoms. The lowest BCUT2D eigenvalue weighted by Crippen LogP contribution is -2.24. The van der Waals surface area contributed by atoms with Gasteiger partial charge in [-0.2, -0.15) is 5.10 Å². The standard InChI is InChI=1S/C8H12N2OS/c1-12-8-4-9-10-5-6(11)2-3-7(8)10/h4,6,11H,2-3,5H2,1H3. The quantitative estimate of drug-likeness (QED) is 0.659. The van der Waals surface area contributed by atoms with E-state index in [-0.39, 0.29) is 6.10 Å². The first kappa shape index (κ1) is 8.13. The number of hydrogen-bond donors (Lipinski definition) is 1. The normalized spacial score (nSPS) is 22.3. The van der Waals surface area contributed by atoms with Gasteiger partial charge in [0.2, 0.25) is 0 Å². The molecule has 1 aliphatic heterocycles. The molecule has 1 aromatic heterocycles. The highest BCUT2D eigenvalue weighted by molar-refractivity contribution is 7.98. The van der Waals surface area contributed by atoms with Crippen molar-refractivity contribution in [3.63, 3.8) is 0 Å². The van der Waals surface area contributed by atoms with Gasteiger partial charge in [0.15, 0.2) is 0 Å². The van der Waals surface area contributed by atoms with Crippen LogP contribution < -0.4 is 0 Å². The second-order valence-corrected chi connectivity index (χ2v) is 3.88. The number of aliphatic hydroxyl groups excluding tert-OH is 1. The maximum atomic E-state index is 9.37. The van der Waals surface area contributed by atoms with Crippen LogP contribution in [0.2, 0.25) is 0 Å². The third-order valence-electron chi connectivity index (χ3n) is 2.23. The number of hydrogen-bond acceptors (Lipinski definition) is 3. The largest absolute Gasteiger partial charge is 0.391 e. The average molecular weight is 184 g/mol. The minimum absolute atomic E-state index is 0.202. The fraction of sp³-hybridized carbons (Fsp3) is 0.625. The van der Waals surface area contributed by atoms with Crippen LogP contribution in [0.5, 0.6) is 0 Å². The highest BCUT2D eigenvalue weighted by atomic mass is 32.2. The molecule has 1 aliphatic rings. The van der Waals surface area contributed by atoms with E-state index < -0.39 is 0 Å². The summed E-state index contributed by atoms with van der Waals surface area (Å²) < 4.78 is 1.92. The van der Waals surface area contributed by atoms with E-state index in [0.717, 1.165) is 12.8 Å². The van der Waals surface area contributed by atoms with Crippen LogP contribution in [0.25, 0.3) is 0 Å². The maximum Gasteiger partial charge on any atom is 0.0739 e. The third kappa shape index (κ3) is 1.25. The summed E-state index contributed by atoms with van der Waals surface area (Å²) in [6, 6.07) is 0. The molecule has 4 heteroatoms. The molecule has 0 saturated carbocycles. The van der Waals surface area contributed by atoms with Crippen LogP contribution in [0.1, 0.15) is 12.1 Å². The molecule has 0 amide bonds. The van der Waals surface area contributed by atoms with Crippen LogP contribution in [0.15, 0.2) is 11.1 Å². The summed E-state index contributed by atoms with van der Waals surface area (Å²) in [7, 11) is 0. The summed E-state index contributed by atoms with van der Waals surface area (Å²) in [5, 5.41) is 13.6. The first-order valence-corrected chi connectivity index (χ1v) is 5.30. The molecule has 0 radical (unpaired) electrons. The Morgan fingerprint density at radius 1 is 1.75 bits per heavy atom. The van der Waals surface area contributed by atoms with Gasteiger partial charge in [-0.1, -0.05) is 0 Å². The molecule has 0 bridgehead atoms. The van der Waals surface area contributed by atoms with Gasteiger partial charge in [-0.15, -0.1) is 11.8 Å². The first-order valence-electron chi connectivity index (χ1n) is 4.08. The van der Waals surface area contributed by atoms with Crippen LogP contribution in [0, 0.1) is 0 Å². The van der Waals surface area contributed by atoms with E-state index in [2.05, 4.69) is 11.4 Å². The van der Waals surface area contributed by atoms with Crippen molar-refractivity contribution in [2.24, 2.45) is 0 Å². The molecule has 1 N–H and O–H groups in total. The monoisotopic (exact) mass is 184 g/mol. The predicted octanol–water partition coefficient (Wildman–Crippen LogP) is 0.912. The minimum atomic E-state index is -0.202. The first-order chi connectivity index (χ1) is 5.81. The molecule has 0 aromatic carbocycles. The molecule has 3 nitrogen and oxygen atoms in total. The van der Waals surface area contributed by atoms with Gasteiger partial charge in [-0.25, -0.2) is 0 Å². The van der Waals surface area contributed by atoms with Crippen molar-refractivity contribution < 1.29 is 5.11 Å². The molecule has 1 aromatic rings. The van der Waals surface area contributed by atoms with E-state index in [1.54, 1.807) is 11.8 Å². The van der Waals surface area contributed by atoms with E-state index in [1.807, 2.05) is 10.9 Å². The highest BCUT2D eigenvalue weighted by Gasteiger charge is 2.19. The topological polar surface area (TPSA) is 38.0 Å². The van der Waals surface area contributed by atoms with Crippen molar-refractivity contribution in [1.82, 2.24) is 9.78 Å². The lowest BCUT2D eigenvalue weighted by molar-refractivity contribution is 0.125. The van der Waals surface area contributed by atoms with Gasteiger partial charge in [0, 0.05) is 4.90 Å². The summed E-state index contributed by atoms with van der Waals surface area (Å²) in [5.41, 5.74) is 1.28. The molecular formula is C8H12N2OS. The number of nitrogens with zero attached hydrogens (tertiary/aromatic N) is 2. The van der Waals surface area contributed by atoms with E-state index in [4.69, 9.17) is 0 Å². The second kappa shape index (κ2) is 3.11. The fourth-order valence-corrected chi connectivity index (χ4v) is 2.16. The van der Waals surface area contributed by atoms with E-state index >= 15 is 0 Å². The minimum Gasteiger partial charge on any atom is -0.391 e. The van der Waals surface area contributed by atoms with Crippen LogP contribution in [0.4, 0.5) is 0 Å².